The number of methoxy groups -OCH3 is 2. The van der Waals surface area contributed by atoms with Gasteiger partial charge in [-0.25, -0.2) is 4.98 Å². The van der Waals surface area contributed by atoms with Crippen molar-refractivity contribution in [3.8, 4) is 17.2 Å². The summed E-state index contributed by atoms with van der Waals surface area (Å²) in [5, 5.41) is 11.8. The van der Waals surface area contributed by atoms with Crippen LogP contribution in [-0.4, -0.2) is 41.2 Å². The number of carbonyl (C=O) groups is 1. The second kappa shape index (κ2) is 11.7. The molecule has 2 aromatic carbocycles. The van der Waals surface area contributed by atoms with Gasteiger partial charge in [0.1, 0.15) is 17.4 Å². The second-order valence-corrected chi connectivity index (χ2v) is 8.50. The Morgan fingerprint density at radius 1 is 1.12 bits per heavy atom. The van der Waals surface area contributed by atoms with Crippen molar-refractivity contribution >= 4 is 17.2 Å². The molecule has 0 spiro atoms. The third kappa shape index (κ3) is 6.03. The minimum atomic E-state index is -0.0962. The van der Waals surface area contributed by atoms with Crippen LogP contribution in [0.25, 0.3) is 0 Å². The topological polar surface area (TPSA) is 81.1 Å². The molecule has 0 radical (unpaired) electrons. The Hall–Kier alpha value is -3.10. The molecule has 0 fully saturated rings. The van der Waals surface area contributed by atoms with Crippen LogP contribution in [0.15, 0.2) is 47.8 Å². The number of nitrogens with zero attached hydrogens (tertiary/aromatic N) is 2. The lowest BCUT2D eigenvalue weighted by atomic mass is 10.1. The minimum Gasteiger partial charge on any atom is -0.496 e. The molecule has 1 heterocycles. The highest BCUT2D eigenvalue weighted by Gasteiger charge is 2.24. The third-order valence-corrected chi connectivity index (χ3v) is 6.29. The lowest BCUT2D eigenvalue weighted by Crippen LogP contribution is -2.38. The molecule has 0 aliphatic heterocycles. The van der Waals surface area contributed by atoms with Crippen molar-refractivity contribution in [1.82, 2.24) is 9.88 Å². The summed E-state index contributed by atoms with van der Waals surface area (Å²) in [4.78, 5) is 19.6. The molecule has 0 saturated heterocycles. The predicted molar refractivity (Wildman–Crippen MR) is 128 cm³/mol. The van der Waals surface area contributed by atoms with E-state index in [1.54, 1.807) is 31.7 Å². The fraction of sp³-hybridized carbons (Fsp3) is 0.360. The number of amides is 1. The number of aliphatic hydroxyl groups is 1. The minimum absolute atomic E-state index is 0.0288. The molecular weight excluding hydrogens is 440 g/mol. The number of aliphatic hydroxyl groups excluding tert-OH is 1. The lowest BCUT2D eigenvalue weighted by molar-refractivity contribution is 0.0668. The van der Waals surface area contributed by atoms with Crippen molar-refractivity contribution in [2.75, 3.05) is 14.2 Å². The first-order valence-electron chi connectivity index (χ1n) is 10.8. The summed E-state index contributed by atoms with van der Waals surface area (Å²) in [6.07, 6.45) is 0.817. The van der Waals surface area contributed by atoms with E-state index in [-0.39, 0.29) is 25.2 Å². The summed E-state index contributed by atoms with van der Waals surface area (Å²) < 4.78 is 16.8. The molecule has 3 rings (SSSR count). The van der Waals surface area contributed by atoms with E-state index in [0.717, 1.165) is 17.0 Å². The van der Waals surface area contributed by atoms with Gasteiger partial charge in [-0.05, 0) is 43.2 Å². The van der Waals surface area contributed by atoms with Crippen LogP contribution in [0.2, 0.25) is 0 Å². The van der Waals surface area contributed by atoms with Gasteiger partial charge in [-0.1, -0.05) is 25.1 Å². The average Bonchev–Trinajstić information content (AvgIpc) is 3.33. The largest absolute Gasteiger partial charge is 0.496 e. The zero-order valence-corrected chi connectivity index (χ0v) is 20.2. The Labute approximate surface area is 198 Å². The highest BCUT2D eigenvalue weighted by molar-refractivity contribution is 7.09. The van der Waals surface area contributed by atoms with Gasteiger partial charge in [-0.15, -0.1) is 11.3 Å². The predicted octanol–water partition coefficient (Wildman–Crippen LogP) is 4.67. The molecule has 1 aromatic heterocycles. The summed E-state index contributed by atoms with van der Waals surface area (Å²) in [5.41, 5.74) is 2.08. The van der Waals surface area contributed by atoms with Gasteiger partial charge in [0.15, 0.2) is 11.5 Å². The van der Waals surface area contributed by atoms with E-state index >= 15 is 0 Å². The van der Waals surface area contributed by atoms with Crippen LogP contribution in [0.4, 0.5) is 0 Å². The first-order valence-corrected chi connectivity index (χ1v) is 11.7. The Bertz CT molecular complexity index is 1070. The van der Waals surface area contributed by atoms with Crippen molar-refractivity contribution in [1.29, 1.82) is 0 Å². The summed E-state index contributed by atoms with van der Waals surface area (Å²) in [6, 6.07) is 13.0. The molecule has 176 valence electrons. The number of ether oxygens (including phenoxy) is 3. The Morgan fingerprint density at radius 2 is 1.88 bits per heavy atom. The molecule has 8 heteroatoms. The molecule has 0 bridgehead atoms. The number of para-hydroxylation sites is 1. The first kappa shape index (κ1) is 24.5. The monoisotopic (exact) mass is 470 g/mol. The fourth-order valence-electron chi connectivity index (χ4n) is 3.38. The fourth-order valence-corrected chi connectivity index (χ4v) is 4.08. The van der Waals surface area contributed by atoms with Crippen molar-refractivity contribution < 1.29 is 24.1 Å². The SMILES string of the molecule is CCC(C)N(Cc1ccc(OC)c(OCc2nc(CO)cs2)c1)C(=O)c1ccccc1OC. The zero-order chi connectivity index (χ0) is 23.8. The summed E-state index contributed by atoms with van der Waals surface area (Å²) in [5.74, 6) is 1.65. The Kier molecular flexibility index (Phi) is 8.68. The van der Waals surface area contributed by atoms with E-state index in [4.69, 9.17) is 14.2 Å². The van der Waals surface area contributed by atoms with E-state index in [1.807, 2.05) is 42.2 Å². The molecule has 7 nitrogen and oxygen atoms in total. The molecule has 1 unspecified atom stereocenters. The molecule has 0 aliphatic rings. The lowest BCUT2D eigenvalue weighted by Gasteiger charge is -2.29. The van der Waals surface area contributed by atoms with Crippen LogP contribution >= 0.6 is 11.3 Å². The van der Waals surface area contributed by atoms with Gasteiger partial charge in [-0.2, -0.15) is 0 Å². The number of hydrogen-bond acceptors (Lipinski definition) is 7. The number of benzene rings is 2. The Balaban J connectivity index is 1.83. The third-order valence-electron chi connectivity index (χ3n) is 5.41. The van der Waals surface area contributed by atoms with Crippen LogP contribution in [0.1, 0.15) is 46.9 Å². The van der Waals surface area contributed by atoms with Crippen molar-refractivity contribution in [3.05, 3.63) is 69.7 Å². The van der Waals surface area contributed by atoms with Crippen LogP contribution in [0, 0.1) is 0 Å². The maximum absolute atomic E-state index is 13.4. The second-order valence-electron chi connectivity index (χ2n) is 7.56. The molecule has 0 saturated carbocycles. The quantitative estimate of drug-likeness (QED) is 0.439. The van der Waals surface area contributed by atoms with Crippen molar-refractivity contribution in [2.45, 2.75) is 46.1 Å². The van der Waals surface area contributed by atoms with Gasteiger partial charge < -0.3 is 24.2 Å². The number of carbonyl (C=O) groups excluding carboxylic acids is 1. The molecule has 33 heavy (non-hydrogen) atoms. The van der Waals surface area contributed by atoms with Crippen molar-refractivity contribution in [3.63, 3.8) is 0 Å². The zero-order valence-electron chi connectivity index (χ0n) is 19.4. The normalized spacial score (nSPS) is 11.7. The number of hydrogen-bond donors (Lipinski definition) is 1. The average molecular weight is 471 g/mol. The van der Waals surface area contributed by atoms with Crippen LogP contribution < -0.4 is 14.2 Å². The highest BCUT2D eigenvalue weighted by Crippen LogP contribution is 2.31. The molecular formula is C25H30N2O5S. The summed E-state index contributed by atoms with van der Waals surface area (Å²) in [6.45, 7) is 4.68. The Morgan fingerprint density at radius 3 is 2.55 bits per heavy atom. The molecule has 1 N–H and O–H groups in total. The first-order chi connectivity index (χ1) is 16.0. The van der Waals surface area contributed by atoms with E-state index in [2.05, 4.69) is 11.9 Å². The molecule has 1 atom stereocenters. The van der Waals surface area contributed by atoms with Gasteiger partial charge >= 0.3 is 0 Å². The van der Waals surface area contributed by atoms with E-state index in [0.29, 0.717) is 35.1 Å². The number of aromatic nitrogens is 1. The van der Waals surface area contributed by atoms with E-state index < -0.39 is 0 Å². The summed E-state index contributed by atoms with van der Waals surface area (Å²) in [7, 11) is 3.16. The van der Waals surface area contributed by atoms with Crippen LogP contribution in [0.3, 0.4) is 0 Å². The van der Waals surface area contributed by atoms with Crippen molar-refractivity contribution in [2.24, 2.45) is 0 Å². The van der Waals surface area contributed by atoms with E-state index in [1.165, 1.54) is 11.3 Å². The standard InChI is InChI=1S/C25H30N2O5S/c1-5-17(2)27(25(29)20-8-6-7-9-21(20)30-3)13-18-10-11-22(31-4)23(12-18)32-15-24-26-19(14-28)16-33-24/h6-12,16-17,28H,5,13-15H2,1-4H3. The van der Waals surface area contributed by atoms with Gasteiger partial charge in [-0.3, -0.25) is 4.79 Å². The van der Waals surface area contributed by atoms with Gasteiger partial charge in [0, 0.05) is 18.0 Å². The molecule has 0 aliphatic carbocycles. The summed E-state index contributed by atoms with van der Waals surface area (Å²) >= 11 is 1.43. The van der Waals surface area contributed by atoms with Gasteiger partial charge in [0.2, 0.25) is 0 Å². The highest BCUT2D eigenvalue weighted by atomic mass is 32.1. The van der Waals surface area contributed by atoms with Gasteiger partial charge in [0.25, 0.3) is 5.91 Å². The maximum Gasteiger partial charge on any atom is 0.258 e. The maximum atomic E-state index is 13.4. The smallest absolute Gasteiger partial charge is 0.258 e. The van der Waals surface area contributed by atoms with Crippen LogP contribution in [-0.2, 0) is 19.8 Å². The number of rotatable bonds is 11. The molecule has 1 amide bonds. The van der Waals surface area contributed by atoms with Gasteiger partial charge in [0.05, 0.1) is 32.1 Å². The molecule has 3 aromatic rings. The number of thiazole rings is 1. The van der Waals surface area contributed by atoms with E-state index in [9.17, 15) is 9.90 Å². The van der Waals surface area contributed by atoms with Crippen LogP contribution in [0.5, 0.6) is 17.2 Å².